The Balaban J connectivity index is 1.49. The van der Waals surface area contributed by atoms with Gasteiger partial charge in [-0.1, -0.05) is 36.4 Å². The minimum absolute atomic E-state index is 0.154. The molecule has 1 saturated heterocycles. The number of hydrogen-bond acceptors (Lipinski definition) is 4. The van der Waals surface area contributed by atoms with Crippen molar-refractivity contribution in [2.75, 3.05) is 31.1 Å². The van der Waals surface area contributed by atoms with Crippen molar-refractivity contribution >= 4 is 11.7 Å². The van der Waals surface area contributed by atoms with Gasteiger partial charge < -0.3 is 15.5 Å². The molecule has 1 fully saturated rings. The van der Waals surface area contributed by atoms with E-state index in [4.69, 9.17) is 5.73 Å². The number of anilines is 1. The number of carbonyl (C=O) groups is 1. The summed E-state index contributed by atoms with van der Waals surface area (Å²) in [5, 5.41) is 0. The SMILES string of the molecule is CCN(CC1CCN(c2ccccn2)CC1)C(=O)CC(N)c1ccccc1. The summed E-state index contributed by atoms with van der Waals surface area (Å²) in [4.78, 5) is 21.5. The Hall–Kier alpha value is -2.40. The number of hydrogen-bond donors (Lipinski definition) is 1. The Morgan fingerprint density at radius 2 is 1.89 bits per heavy atom. The van der Waals surface area contributed by atoms with Crippen molar-refractivity contribution in [2.24, 2.45) is 11.7 Å². The second-order valence-electron chi connectivity index (χ2n) is 7.27. The van der Waals surface area contributed by atoms with Crippen LogP contribution in [0.15, 0.2) is 54.7 Å². The lowest BCUT2D eigenvalue weighted by atomic mass is 9.95. The number of benzene rings is 1. The first-order valence-corrected chi connectivity index (χ1v) is 9.91. The molecule has 0 radical (unpaired) electrons. The number of rotatable bonds is 7. The second-order valence-corrected chi connectivity index (χ2v) is 7.27. The van der Waals surface area contributed by atoms with Crippen LogP contribution in [-0.4, -0.2) is 42.0 Å². The number of nitrogens with two attached hydrogens (primary N) is 1. The Kier molecular flexibility index (Phi) is 6.82. The molecule has 1 aromatic heterocycles. The molecular formula is C22H30N4O. The summed E-state index contributed by atoms with van der Waals surface area (Å²) in [5.41, 5.74) is 7.26. The third-order valence-corrected chi connectivity index (χ3v) is 5.42. The normalized spacial score (nSPS) is 16.1. The zero-order valence-corrected chi connectivity index (χ0v) is 16.1. The number of nitrogens with zero attached hydrogens (tertiary/aromatic N) is 3. The van der Waals surface area contributed by atoms with Crippen molar-refractivity contribution in [1.29, 1.82) is 0 Å². The van der Waals surface area contributed by atoms with E-state index in [0.717, 1.165) is 50.4 Å². The molecular weight excluding hydrogens is 336 g/mol. The fourth-order valence-corrected chi connectivity index (χ4v) is 3.74. The standard InChI is InChI=1S/C22H30N4O/c1-2-25(22(27)16-20(23)19-8-4-3-5-9-19)17-18-11-14-26(15-12-18)21-10-6-7-13-24-21/h3-10,13,18,20H,2,11-12,14-17,23H2,1H3. The van der Waals surface area contributed by atoms with Crippen molar-refractivity contribution in [3.05, 3.63) is 60.3 Å². The Morgan fingerprint density at radius 1 is 1.19 bits per heavy atom. The van der Waals surface area contributed by atoms with E-state index in [1.54, 1.807) is 0 Å². The number of carbonyl (C=O) groups excluding carboxylic acids is 1. The average molecular weight is 367 g/mol. The predicted octanol–water partition coefficient (Wildman–Crippen LogP) is 3.24. The molecule has 2 aromatic rings. The minimum atomic E-state index is -0.237. The van der Waals surface area contributed by atoms with Crippen molar-refractivity contribution in [2.45, 2.75) is 32.2 Å². The summed E-state index contributed by atoms with van der Waals surface area (Å²) in [6, 6.07) is 15.7. The topological polar surface area (TPSA) is 62.5 Å². The fourth-order valence-electron chi connectivity index (χ4n) is 3.74. The van der Waals surface area contributed by atoms with Crippen LogP contribution < -0.4 is 10.6 Å². The van der Waals surface area contributed by atoms with Crippen LogP contribution in [0.4, 0.5) is 5.82 Å². The van der Waals surface area contributed by atoms with Gasteiger partial charge in [-0.3, -0.25) is 4.79 Å². The highest BCUT2D eigenvalue weighted by atomic mass is 16.2. The van der Waals surface area contributed by atoms with Gasteiger partial charge in [0.15, 0.2) is 0 Å². The van der Waals surface area contributed by atoms with E-state index in [1.807, 2.05) is 53.6 Å². The quantitative estimate of drug-likeness (QED) is 0.817. The van der Waals surface area contributed by atoms with Crippen LogP contribution in [0.5, 0.6) is 0 Å². The average Bonchev–Trinajstić information content (AvgIpc) is 2.73. The molecule has 5 nitrogen and oxygen atoms in total. The van der Waals surface area contributed by atoms with Gasteiger partial charge in [-0.15, -0.1) is 0 Å². The Morgan fingerprint density at radius 3 is 2.52 bits per heavy atom. The van der Waals surface area contributed by atoms with Crippen molar-refractivity contribution in [3.8, 4) is 0 Å². The Bertz CT molecular complexity index is 699. The lowest BCUT2D eigenvalue weighted by Crippen LogP contribution is -2.41. The molecule has 1 aliphatic rings. The maximum atomic E-state index is 12.7. The van der Waals surface area contributed by atoms with E-state index in [2.05, 4.69) is 22.9 Å². The van der Waals surface area contributed by atoms with Crippen LogP contribution in [0.25, 0.3) is 0 Å². The second kappa shape index (κ2) is 9.51. The smallest absolute Gasteiger partial charge is 0.224 e. The summed E-state index contributed by atoms with van der Waals surface area (Å²) < 4.78 is 0. The molecule has 1 atom stereocenters. The molecule has 0 aliphatic carbocycles. The van der Waals surface area contributed by atoms with Gasteiger partial charge in [0, 0.05) is 44.8 Å². The minimum Gasteiger partial charge on any atom is -0.357 e. The van der Waals surface area contributed by atoms with Gasteiger partial charge in [0.2, 0.25) is 5.91 Å². The first-order chi connectivity index (χ1) is 13.2. The van der Waals surface area contributed by atoms with E-state index in [0.29, 0.717) is 12.3 Å². The van der Waals surface area contributed by atoms with Crippen LogP contribution in [0.2, 0.25) is 0 Å². The molecule has 2 heterocycles. The van der Waals surface area contributed by atoms with Gasteiger partial charge in [-0.25, -0.2) is 4.98 Å². The molecule has 0 saturated carbocycles. The van der Waals surface area contributed by atoms with Crippen molar-refractivity contribution in [1.82, 2.24) is 9.88 Å². The van der Waals surface area contributed by atoms with E-state index in [-0.39, 0.29) is 11.9 Å². The van der Waals surface area contributed by atoms with Crippen LogP contribution in [-0.2, 0) is 4.79 Å². The highest BCUT2D eigenvalue weighted by Gasteiger charge is 2.24. The van der Waals surface area contributed by atoms with Gasteiger partial charge in [0.05, 0.1) is 0 Å². The number of aromatic nitrogens is 1. The predicted molar refractivity (Wildman–Crippen MR) is 109 cm³/mol. The van der Waals surface area contributed by atoms with Crippen LogP contribution >= 0.6 is 0 Å². The Labute approximate surface area is 162 Å². The monoisotopic (exact) mass is 366 g/mol. The molecule has 1 aromatic carbocycles. The molecule has 3 rings (SSSR count). The van der Waals surface area contributed by atoms with Gasteiger partial charge in [0.25, 0.3) is 0 Å². The van der Waals surface area contributed by atoms with Crippen LogP contribution in [0.1, 0.15) is 37.8 Å². The van der Waals surface area contributed by atoms with Crippen LogP contribution in [0.3, 0.4) is 0 Å². The van der Waals surface area contributed by atoms with Crippen LogP contribution in [0, 0.1) is 5.92 Å². The lowest BCUT2D eigenvalue weighted by molar-refractivity contribution is -0.132. The lowest BCUT2D eigenvalue weighted by Gasteiger charge is -2.35. The van der Waals surface area contributed by atoms with Gasteiger partial charge in [0.1, 0.15) is 5.82 Å². The van der Waals surface area contributed by atoms with E-state index < -0.39 is 0 Å². The van der Waals surface area contributed by atoms with Crippen molar-refractivity contribution in [3.63, 3.8) is 0 Å². The van der Waals surface area contributed by atoms with Gasteiger partial charge >= 0.3 is 0 Å². The summed E-state index contributed by atoms with van der Waals surface area (Å²) in [5.74, 6) is 1.75. The molecule has 5 heteroatoms. The molecule has 27 heavy (non-hydrogen) atoms. The maximum absolute atomic E-state index is 12.7. The zero-order chi connectivity index (χ0) is 19.1. The largest absolute Gasteiger partial charge is 0.357 e. The summed E-state index contributed by atoms with van der Waals surface area (Å²) in [6.45, 7) is 5.61. The van der Waals surface area contributed by atoms with Gasteiger partial charge in [-0.05, 0) is 43.4 Å². The molecule has 1 amide bonds. The summed E-state index contributed by atoms with van der Waals surface area (Å²) >= 11 is 0. The molecule has 1 aliphatic heterocycles. The van der Waals surface area contributed by atoms with Crippen molar-refractivity contribution < 1.29 is 4.79 Å². The highest BCUT2D eigenvalue weighted by Crippen LogP contribution is 2.23. The molecule has 144 valence electrons. The maximum Gasteiger partial charge on any atom is 0.224 e. The first-order valence-electron chi connectivity index (χ1n) is 9.91. The molecule has 2 N–H and O–H groups in total. The summed E-state index contributed by atoms with van der Waals surface area (Å²) in [6.07, 6.45) is 4.38. The third-order valence-electron chi connectivity index (χ3n) is 5.42. The van der Waals surface area contributed by atoms with Gasteiger partial charge in [-0.2, -0.15) is 0 Å². The number of piperidine rings is 1. The first kappa shape index (κ1) is 19.4. The summed E-state index contributed by atoms with van der Waals surface area (Å²) in [7, 11) is 0. The highest BCUT2D eigenvalue weighted by molar-refractivity contribution is 5.77. The third kappa shape index (κ3) is 5.30. The van der Waals surface area contributed by atoms with E-state index in [9.17, 15) is 4.79 Å². The number of amides is 1. The molecule has 1 unspecified atom stereocenters. The number of pyridine rings is 1. The van der Waals surface area contributed by atoms with E-state index in [1.165, 1.54) is 0 Å². The van der Waals surface area contributed by atoms with E-state index >= 15 is 0 Å². The molecule has 0 spiro atoms. The zero-order valence-electron chi connectivity index (χ0n) is 16.1. The fraction of sp³-hybridized carbons (Fsp3) is 0.455. The molecule has 0 bridgehead atoms.